The summed E-state index contributed by atoms with van der Waals surface area (Å²) in [6.07, 6.45) is 2.25. The largest absolute Gasteiger partial charge is 0.343 e. The standard InChI is InChI=1S/C13H18N4O2/c1-4-11-12(18)15-8(2)13(19)17(11)7-10-5-6-14-9(3)16-10/h5-6,8,11H,4,7H2,1-3H3,(H,15,18). The van der Waals surface area contributed by atoms with E-state index in [0.717, 1.165) is 5.69 Å². The maximum Gasteiger partial charge on any atom is 0.245 e. The smallest absolute Gasteiger partial charge is 0.245 e. The van der Waals surface area contributed by atoms with Crippen molar-refractivity contribution in [2.75, 3.05) is 0 Å². The molecule has 1 aliphatic rings. The summed E-state index contributed by atoms with van der Waals surface area (Å²) < 4.78 is 0. The number of amides is 2. The molecule has 0 aliphatic carbocycles. The minimum absolute atomic E-state index is 0.0669. The number of rotatable bonds is 3. The first-order valence-corrected chi connectivity index (χ1v) is 6.42. The highest BCUT2D eigenvalue weighted by atomic mass is 16.2. The minimum Gasteiger partial charge on any atom is -0.343 e. The molecule has 2 unspecified atom stereocenters. The van der Waals surface area contributed by atoms with Gasteiger partial charge in [-0.25, -0.2) is 9.97 Å². The van der Waals surface area contributed by atoms with Crippen molar-refractivity contribution < 1.29 is 9.59 Å². The highest BCUT2D eigenvalue weighted by Crippen LogP contribution is 2.16. The normalized spacial score (nSPS) is 23.4. The molecule has 19 heavy (non-hydrogen) atoms. The van der Waals surface area contributed by atoms with E-state index in [1.807, 2.05) is 6.92 Å². The molecule has 1 aromatic rings. The lowest BCUT2D eigenvalue weighted by Crippen LogP contribution is -2.61. The second-order valence-corrected chi connectivity index (χ2v) is 4.72. The summed E-state index contributed by atoms with van der Waals surface area (Å²) in [6, 6.07) is 0.877. The summed E-state index contributed by atoms with van der Waals surface area (Å²) in [6.45, 7) is 5.74. The highest BCUT2D eigenvalue weighted by Gasteiger charge is 2.37. The molecule has 0 saturated carbocycles. The van der Waals surface area contributed by atoms with E-state index >= 15 is 0 Å². The van der Waals surface area contributed by atoms with Crippen LogP contribution in [0.1, 0.15) is 31.8 Å². The lowest BCUT2D eigenvalue weighted by Gasteiger charge is -2.37. The van der Waals surface area contributed by atoms with Crippen LogP contribution in [0.4, 0.5) is 0 Å². The van der Waals surface area contributed by atoms with Crippen molar-refractivity contribution in [3.8, 4) is 0 Å². The van der Waals surface area contributed by atoms with E-state index < -0.39 is 12.1 Å². The zero-order chi connectivity index (χ0) is 14.0. The van der Waals surface area contributed by atoms with Crippen molar-refractivity contribution in [3.63, 3.8) is 0 Å². The maximum atomic E-state index is 12.2. The molecule has 1 fully saturated rings. The molecular weight excluding hydrogens is 244 g/mol. The lowest BCUT2D eigenvalue weighted by atomic mass is 10.1. The van der Waals surface area contributed by atoms with E-state index in [4.69, 9.17) is 0 Å². The summed E-state index contributed by atoms with van der Waals surface area (Å²) in [5.41, 5.74) is 0.751. The van der Waals surface area contributed by atoms with Crippen LogP contribution < -0.4 is 5.32 Å². The van der Waals surface area contributed by atoms with Crippen molar-refractivity contribution in [1.29, 1.82) is 0 Å². The van der Waals surface area contributed by atoms with Crippen molar-refractivity contribution in [1.82, 2.24) is 20.2 Å². The van der Waals surface area contributed by atoms with Crippen LogP contribution in [0.2, 0.25) is 0 Å². The molecule has 102 valence electrons. The molecule has 1 aromatic heterocycles. The monoisotopic (exact) mass is 262 g/mol. The van der Waals surface area contributed by atoms with Crippen molar-refractivity contribution in [2.24, 2.45) is 0 Å². The zero-order valence-corrected chi connectivity index (χ0v) is 11.4. The number of aryl methyl sites for hydroxylation is 1. The van der Waals surface area contributed by atoms with Crippen LogP contribution in [0.15, 0.2) is 12.3 Å². The molecule has 2 atom stereocenters. The van der Waals surface area contributed by atoms with Gasteiger partial charge in [0.05, 0.1) is 12.2 Å². The van der Waals surface area contributed by atoms with Gasteiger partial charge in [0.1, 0.15) is 17.9 Å². The number of nitrogens with one attached hydrogen (secondary N) is 1. The predicted molar refractivity (Wildman–Crippen MR) is 69.0 cm³/mol. The van der Waals surface area contributed by atoms with Gasteiger partial charge in [0.25, 0.3) is 0 Å². The van der Waals surface area contributed by atoms with Gasteiger partial charge < -0.3 is 10.2 Å². The molecule has 0 spiro atoms. The van der Waals surface area contributed by atoms with Crippen LogP contribution in [0, 0.1) is 6.92 Å². The van der Waals surface area contributed by atoms with Crippen LogP contribution in [0.5, 0.6) is 0 Å². The second-order valence-electron chi connectivity index (χ2n) is 4.72. The number of nitrogens with zero attached hydrogens (tertiary/aromatic N) is 3. The quantitative estimate of drug-likeness (QED) is 0.856. The number of hydrogen-bond acceptors (Lipinski definition) is 4. The van der Waals surface area contributed by atoms with E-state index in [1.165, 1.54) is 0 Å². The van der Waals surface area contributed by atoms with Crippen LogP contribution in [0.3, 0.4) is 0 Å². The van der Waals surface area contributed by atoms with E-state index in [1.54, 1.807) is 31.0 Å². The average Bonchev–Trinajstić information content (AvgIpc) is 2.36. The molecule has 2 heterocycles. The Balaban J connectivity index is 2.24. The van der Waals surface area contributed by atoms with E-state index in [0.29, 0.717) is 18.8 Å². The SMILES string of the molecule is CCC1C(=O)NC(C)C(=O)N1Cc1ccnc(C)n1. The number of carbonyl (C=O) groups excluding carboxylic acids is 2. The first-order valence-electron chi connectivity index (χ1n) is 6.42. The number of piperazine rings is 1. The van der Waals surface area contributed by atoms with E-state index in [-0.39, 0.29) is 11.8 Å². The van der Waals surface area contributed by atoms with Crippen molar-refractivity contribution >= 4 is 11.8 Å². The minimum atomic E-state index is -0.474. The Morgan fingerprint density at radius 3 is 2.79 bits per heavy atom. The fourth-order valence-electron chi connectivity index (χ4n) is 2.28. The fourth-order valence-corrected chi connectivity index (χ4v) is 2.28. The van der Waals surface area contributed by atoms with Gasteiger partial charge in [-0.3, -0.25) is 9.59 Å². The van der Waals surface area contributed by atoms with Crippen molar-refractivity contribution in [3.05, 3.63) is 23.8 Å². The van der Waals surface area contributed by atoms with Gasteiger partial charge in [0, 0.05) is 6.20 Å². The highest BCUT2D eigenvalue weighted by molar-refractivity contribution is 5.96. The summed E-state index contributed by atoms with van der Waals surface area (Å²) in [5.74, 6) is 0.496. The van der Waals surface area contributed by atoms with Crippen LogP contribution >= 0.6 is 0 Å². The molecular formula is C13H18N4O2. The maximum absolute atomic E-state index is 12.2. The van der Waals surface area contributed by atoms with Gasteiger partial charge in [-0.05, 0) is 26.3 Å². The third-order valence-corrected chi connectivity index (χ3v) is 3.24. The van der Waals surface area contributed by atoms with Crippen molar-refractivity contribution in [2.45, 2.75) is 45.8 Å². The molecule has 0 radical (unpaired) electrons. The van der Waals surface area contributed by atoms with Gasteiger partial charge in [0.2, 0.25) is 11.8 Å². The molecule has 2 amide bonds. The van der Waals surface area contributed by atoms with E-state index in [2.05, 4.69) is 15.3 Å². The lowest BCUT2D eigenvalue weighted by molar-refractivity contribution is -0.149. The first kappa shape index (κ1) is 13.5. The van der Waals surface area contributed by atoms with Crippen LogP contribution in [-0.2, 0) is 16.1 Å². The molecule has 2 rings (SSSR count). The Kier molecular flexibility index (Phi) is 3.78. The third kappa shape index (κ3) is 2.72. The Morgan fingerprint density at radius 2 is 2.16 bits per heavy atom. The zero-order valence-electron chi connectivity index (χ0n) is 11.4. The second kappa shape index (κ2) is 5.34. The Hall–Kier alpha value is -1.98. The molecule has 1 N–H and O–H groups in total. The number of hydrogen-bond donors (Lipinski definition) is 1. The average molecular weight is 262 g/mol. The molecule has 1 aliphatic heterocycles. The predicted octanol–water partition coefficient (Wildman–Crippen LogP) is 0.411. The van der Waals surface area contributed by atoms with Crippen LogP contribution in [-0.4, -0.2) is 38.8 Å². The molecule has 1 saturated heterocycles. The van der Waals surface area contributed by atoms with Gasteiger partial charge >= 0.3 is 0 Å². The van der Waals surface area contributed by atoms with Gasteiger partial charge in [0.15, 0.2) is 0 Å². The van der Waals surface area contributed by atoms with Crippen LogP contribution in [0.25, 0.3) is 0 Å². The number of carbonyl (C=O) groups is 2. The van der Waals surface area contributed by atoms with Gasteiger partial charge in [-0.2, -0.15) is 0 Å². The fraction of sp³-hybridized carbons (Fsp3) is 0.538. The third-order valence-electron chi connectivity index (χ3n) is 3.24. The molecule has 0 aromatic carbocycles. The summed E-state index contributed by atoms with van der Waals surface area (Å²) >= 11 is 0. The van der Waals surface area contributed by atoms with Gasteiger partial charge in [-0.1, -0.05) is 6.92 Å². The Bertz CT molecular complexity index is 503. The first-order chi connectivity index (χ1) is 9.02. The molecule has 6 nitrogen and oxygen atoms in total. The number of aromatic nitrogens is 2. The molecule has 0 bridgehead atoms. The topological polar surface area (TPSA) is 75.2 Å². The Labute approximate surface area is 112 Å². The molecule has 6 heteroatoms. The summed E-state index contributed by atoms with van der Waals surface area (Å²) in [5, 5.41) is 2.69. The van der Waals surface area contributed by atoms with E-state index in [9.17, 15) is 9.59 Å². The van der Waals surface area contributed by atoms with Gasteiger partial charge in [-0.15, -0.1) is 0 Å². The summed E-state index contributed by atoms with van der Waals surface area (Å²) in [7, 11) is 0. The Morgan fingerprint density at radius 1 is 1.42 bits per heavy atom. The summed E-state index contributed by atoms with van der Waals surface area (Å²) in [4.78, 5) is 34.0.